The number of H-pyrrole nitrogens is 1. The van der Waals surface area contributed by atoms with Crippen molar-refractivity contribution in [3.8, 4) is 11.1 Å². The van der Waals surface area contributed by atoms with Crippen LogP contribution in [0.15, 0.2) is 41.3 Å². The summed E-state index contributed by atoms with van der Waals surface area (Å²) in [5.41, 5.74) is 2.04. The van der Waals surface area contributed by atoms with Crippen LogP contribution in [0.25, 0.3) is 11.1 Å². The fourth-order valence-electron chi connectivity index (χ4n) is 2.16. The lowest BCUT2D eigenvalue weighted by Gasteiger charge is -2.21. The minimum Gasteiger partial charge on any atom is -0.329 e. The van der Waals surface area contributed by atoms with Gasteiger partial charge >= 0.3 is 0 Å². The van der Waals surface area contributed by atoms with Crippen LogP contribution in [0.5, 0.6) is 0 Å². The first-order chi connectivity index (χ1) is 10.1. The normalized spacial score (nSPS) is 12.2. The number of hydrogen-bond acceptors (Lipinski definition) is 3. The number of anilines is 1. The number of sulfonamides is 1. The average Bonchev–Trinajstić information content (AvgIpc) is 2.37. The molecule has 2 aromatic rings. The number of aromatic amines is 1. The zero-order chi connectivity index (χ0) is 16.5. The quantitative estimate of drug-likeness (QED) is 0.912. The van der Waals surface area contributed by atoms with E-state index in [0.29, 0.717) is 16.8 Å². The summed E-state index contributed by atoms with van der Waals surface area (Å²) >= 11 is 0. The largest absolute Gasteiger partial charge is 0.329 e. The van der Waals surface area contributed by atoms with Gasteiger partial charge in [0.05, 0.1) is 11.9 Å². The smallest absolute Gasteiger partial charge is 0.255 e. The van der Waals surface area contributed by atoms with Gasteiger partial charge in [0.15, 0.2) is 0 Å². The standard InChI is InChI=1S/C16H20N2O3S/c1-16(2,3)11-7-8-14(18-22(4,20)21)13(10-11)12-6-5-9-17-15(12)19/h5-10,18H,1-4H3,(H,17,19). The lowest BCUT2D eigenvalue weighted by molar-refractivity contribution is 0.590. The topological polar surface area (TPSA) is 79.0 Å². The summed E-state index contributed by atoms with van der Waals surface area (Å²) in [6.45, 7) is 6.18. The highest BCUT2D eigenvalue weighted by molar-refractivity contribution is 7.92. The average molecular weight is 320 g/mol. The lowest BCUT2D eigenvalue weighted by atomic mass is 9.85. The van der Waals surface area contributed by atoms with Gasteiger partial charge in [-0.15, -0.1) is 0 Å². The lowest BCUT2D eigenvalue weighted by Crippen LogP contribution is -2.16. The monoisotopic (exact) mass is 320 g/mol. The Hall–Kier alpha value is -2.08. The van der Waals surface area contributed by atoms with Crippen LogP contribution >= 0.6 is 0 Å². The van der Waals surface area contributed by atoms with E-state index in [2.05, 4.69) is 30.5 Å². The molecule has 0 bridgehead atoms. The highest BCUT2D eigenvalue weighted by Crippen LogP contribution is 2.32. The SMILES string of the molecule is CC(C)(C)c1ccc(NS(C)(=O)=O)c(-c2ccc[nH]c2=O)c1. The molecule has 1 heterocycles. The Bertz CT molecular complexity index is 846. The minimum absolute atomic E-state index is 0.111. The van der Waals surface area contributed by atoms with Gasteiger partial charge in [-0.25, -0.2) is 8.42 Å². The first-order valence-corrected chi connectivity index (χ1v) is 8.77. The Balaban J connectivity index is 2.71. The molecule has 118 valence electrons. The molecule has 0 radical (unpaired) electrons. The second-order valence-electron chi connectivity index (χ2n) is 6.30. The molecule has 5 nitrogen and oxygen atoms in total. The zero-order valence-electron chi connectivity index (χ0n) is 13.1. The van der Waals surface area contributed by atoms with Gasteiger partial charge in [0.25, 0.3) is 5.56 Å². The van der Waals surface area contributed by atoms with Crippen molar-refractivity contribution >= 4 is 15.7 Å². The van der Waals surface area contributed by atoms with Crippen LogP contribution in [0.2, 0.25) is 0 Å². The molecule has 1 aromatic heterocycles. The first-order valence-electron chi connectivity index (χ1n) is 6.88. The Labute approximate surface area is 130 Å². The maximum atomic E-state index is 12.1. The molecule has 6 heteroatoms. The van der Waals surface area contributed by atoms with Crippen molar-refractivity contribution in [3.63, 3.8) is 0 Å². The second-order valence-corrected chi connectivity index (χ2v) is 8.05. The van der Waals surface area contributed by atoms with Gasteiger partial charge in [0, 0.05) is 17.3 Å². The van der Waals surface area contributed by atoms with Gasteiger partial charge in [-0.3, -0.25) is 9.52 Å². The maximum Gasteiger partial charge on any atom is 0.255 e. The van der Waals surface area contributed by atoms with Gasteiger partial charge < -0.3 is 4.98 Å². The molecule has 0 amide bonds. The number of benzene rings is 1. The molecule has 22 heavy (non-hydrogen) atoms. The second kappa shape index (κ2) is 5.61. The van der Waals surface area contributed by atoms with Crippen LogP contribution in [0.3, 0.4) is 0 Å². The van der Waals surface area contributed by atoms with Crippen LogP contribution in [0, 0.1) is 0 Å². The van der Waals surface area contributed by atoms with E-state index in [4.69, 9.17) is 0 Å². The minimum atomic E-state index is -3.43. The van der Waals surface area contributed by atoms with Crippen LogP contribution in [-0.4, -0.2) is 19.7 Å². The molecule has 0 spiro atoms. The van der Waals surface area contributed by atoms with Crippen molar-refractivity contribution in [2.24, 2.45) is 0 Å². The van der Waals surface area contributed by atoms with Gasteiger partial charge in [0.2, 0.25) is 10.0 Å². The summed E-state index contributed by atoms with van der Waals surface area (Å²) in [6, 6.07) is 8.81. The van der Waals surface area contributed by atoms with Gasteiger partial charge in [-0.05, 0) is 35.2 Å². The molecule has 2 rings (SSSR count). The summed E-state index contributed by atoms with van der Waals surface area (Å²) in [6.07, 6.45) is 2.63. The van der Waals surface area contributed by atoms with E-state index in [1.54, 1.807) is 24.4 Å². The van der Waals surface area contributed by atoms with E-state index in [-0.39, 0.29) is 11.0 Å². The number of rotatable bonds is 3. The van der Waals surface area contributed by atoms with Crippen molar-refractivity contribution in [2.75, 3.05) is 11.0 Å². The predicted molar refractivity (Wildman–Crippen MR) is 89.7 cm³/mol. The summed E-state index contributed by atoms with van der Waals surface area (Å²) < 4.78 is 25.6. The van der Waals surface area contributed by atoms with Crippen molar-refractivity contribution in [1.82, 2.24) is 4.98 Å². The third-order valence-electron chi connectivity index (χ3n) is 3.29. The third kappa shape index (κ3) is 3.76. The molecule has 1 aromatic carbocycles. The molecular formula is C16H20N2O3S. The predicted octanol–water partition coefficient (Wildman–Crippen LogP) is 2.71. The van der Waals surface area contributed by atoms with Crippen LogP contribution in [0.1, 0.15) is 26.3 Å². The van der Waals surface area contributed by atoms with Gasteiger partial charge in [-0.1, -0.05) is 26.8 Å². The first kappa shape index (κ1) is 16.3. The van der Waals surface area contributed by atoms with E-state index >= 15 is 0 Å². The van der Waals surface area contributed by atoms with E-state index in [1.165, 1.54) is 0 Å². The highest BCUT2D eigenvalue weighted by Gasteiger charge is 2.18. The molecule has 0 atom stereocenters. The molecule has 0 unspecified atom stereocenters. The van der Waals surface area contributed by atoms with Crippen molar-refractivity contribution < 1.29 is 8.42 Å². The van der Waals surface area contributed by atoms with Crippen molar-refractivity contribution in [1.29, 1.82) is 0 Å². The Morgan fingerprint density at radius 2 is 1.77 bits per heavy atom. The molecule has 0 saturated carbocycles. The molecule has 0 aliphatic carbocycles. The molecular weight excluding hydrogens is 300 g/mol. The molecule has 2 N–H and O–H groups in total. The fraction of sp³-hybridized carbons (Fsp3) is 0.312. The zero-order valence-corrected chi connectivity index (χ0v) is 13.9. The Morgan fingerprint density at radius 1 is 1.09 bits per heavy atom. The van der Waals surface area contributed by atoms with Crippen molar-refractivity contribution in [2.45, 2.75) is 26.2 Å². The fourth-order valence-corrected chi connectivity index (χ4v) is 2.73. The van der Waals surface area contributed by atoms with E-state index in [1.807, 2.05) is 12.1 Å². The highest BCUT2D eigenvalue weighted by atomic mass is 32.2. The molecule has 0 saturated heterocycles. The van der Waals surface area contributed by atoms with Gasteiger partial charge in [0.1, 0.15) is 0 Å². The Morgan fingerprint density at radius 3 is 2.32 bits per heavy atom. The van der Waals surface area contributed by atoms with Crippen LogP contribution < -0.4 is 10.3 Å². The van der Waals surface area contributed by atoms with Gasteiger partial charge in [-0.2, -0.15) is 0 Å². The van der Waals surface area contributed by atoms with Crippen LogP contribution in [-0.2, 0) is 15.4 Å². The summed E-state index contributed by atoms with van der Waals surface area (Å²) in [4.78, 5) is 14.7. The summed E-state index contributed by atoms with van der Waals surface area (Å²) in [5, 5.41) is 0. The molecule has 0 fully saturated rings. The number of hydrogen-bond donors (Lipinski definition) is 2. The number of aromatic nitrogens is 1. The van der Waals surface area contributed by atoms with E-state index < -0.39 is 10.0 Å². The summed E-state index contributed by atoms with van der Waals surface area (Å²) in [5.74, 6) is 0. The molecule has 0 aliphatic heterocycles. The number of nitrogens with one attached hydrogen (secondary N) is 2. The third-order valence-corrected chi connectivity index (χ3v) is 3.88. The van der Waals surface area contributed by atoms with Crippen molar-refractivity contribution in [3.05, 3.63) is 52.4 Å². The van der Waals surface area contributed by atoms with Crippen LogP contribution in [0.4, 0.5) is 5.69 Å². The van der Waals surface area contributed by atoms with E-state index in [0.717, 1.165) is 11.8 Å². The Kier molecular flexibility index (Phi) is 4.15. The maximum absolute atomic E-state index is 12.1. The number of pyridine rings is 1. The summed E-state index contributed by atoms with van der Waals surface area (Å²) in [7, 11) is -3.43. The van der Waals surface area contributed by atoms with E-state index in [9.17, 15) is 13.2 Å². The molecule has 0 aliphatic rings.